The number of nitrogens with one attached hydrogen (secondary N) is 9. The van der Waals surface area contributed by atoms with Crippen LogP contribution in [0.4, 0.5) is 0 Å². The van der Waals surface area contributed by atoms with E-state index in [1.54, 1.807) is 13.8 Å². The van der Waals surface area contributed by atoms with Gasteiger partial charge in [0.15, 0.2) is 0 Å². The Labute approximate surface area is 490 Å². The van der Waals surface area contributed by atoms with Crippen LogP contribution in [-0.4, -0.2) is 167 Å². The molecule has 1 rings (SSSR count). The molecule has 0 aromatic rings. The molecule has 0 radical (unpaired) electrons. The molecule has 0 aliphatic carbocycles. The van der Waals surface area contributed by atoms with E-state index < -0.39 is 106 Å². The fraction of sp³-hybridized carbons (Fsp3) is 0.800. The fourth-order valence-electron chi connectivity index (χ4n) is 9.25. The molecule has 82 heavy (non-hydrogen) atoms. The molecule has 1 heterocycles. The number of nitrogens with zero attached hydrogens (tertiary/aromatic N) is 2. The molecule has 10 N–H and O–H groups in total. The first-order chi connectivity index (χ1) is 38.0. The first-order valence-electron chi connectivity index (χ1n) is 30.1. The predicted molar refractivity (Wildman–Crippen MR) is 319 cm³/mol. The molecule has 0 spiro atoms. The number of carbonyl (C=O) groups is 10. The highest BCUT2D eigenvalue weighted by Crippen LogP contribution is 2.21. The van der Waals surface area contributed by atoms with E-state index >= 15 is 0 Å². The summed E-state index contributed by atoms with van der Waals surface area (Å²) in [5.74, 6) is -6.78. The molecule has 22 heteroatoms. The van der Waals surface area contributed by atoms with Crippen LogP contribution >= 0.6 is 0 Å². The summed E-state index contributed by atoms with van der Waals surface area (Å²) in [6, 6.07) is -6.03. The van der Waals surface area contributed by atoms with Gasteiger partial charge in [-0.05, 0) is 124 Å². The van der Waals surface area contributed by atoms with E-state index in [1.165, 1.54) is 52.5 Å². The van der Waals surface area contributed by atoms with Gasteiger partial charge in [0.2, 0.25) is 59.1 Å². The Hall–Kier alpha value is -5.64. The Morgan fingerprint density at radius 3 is 1.72 bits per heavy atom. The second kappa shape index (κ2) is 35.5. The van der Waals surface area contributed by atoms with Crippen molar-refractivity contribution in [3.8, 4) is 0 Å². The molecule has 1 aliphatic rings. The summed E-state index contributed by atoms with van der Waals surface area (Å²) in [5.41, 5.74) is -4.81. The molecule has 1 saturated heterocycles. The Morgan fingerprint density at radius 1 is 0.622 bits per heavy atom. The number of aliphatic hydroxyl groups excluding tert-OH is 1. The average molecular weight is 1160 g/mol. The zero-order valence-electron chi connectivity index (χ0n) is 53.2. The second-order valence-electron chi connectivity index (χ2n) is 25.7. The van der Waals surface area contributed by atoms with Crippen LogP contribution in [0.2, 0.25) is 0 Å². The summed E-state index contributed by atoms with van der Waals surface area (Å²) < 4.78 is 0. The van der Waals surface area contributed by atoms with E-state index in [9.17, 15) is 53.1 Å². The summed E-state index contributed by atoms with van der Waals surface area (Å²) in [5, 5.41) is 36.2. The summed E-state index contributed by atoms with van der Waals surface area (Å²) in [4.78, 5) is 141. The van der Waals surface area contributed by atoms with Crippen LogP contribution < -0.4 is 47.9 Å². The van der Waals surface area contributed by atoms with Gasteiger partial charge < -0.3 is 62.8 Å². The van der Waals surface area contributed by atoms with Gasteiger partial charge in [-0.25, -0.2) is 0 Å². The number of likely N-dealkylation sites (N-methyl/N-ethyl adjacent to an activating group) is 1. The van der Waals surface area contributed by atoms with Crippen LogP contribution in [0.1, 0.15) is 194 Å². The third kappa shape index (κ3) is 26.7. The van der Waals surface area contributed by atoms with E-state index in [4.69, 9.17) is 0 Å². The quantitative estimate of drug-likeness (QED) is 0.0315. The third-order valence-corrected chi connectivity index (χ3v) is 14.5. The first-order valence-corrected chi connectivity index (χ1v) is 30.1. The van der Waals surface area contributed by atoms with Gasteiger partial charge in [-0.2, -0.15) is 0 Å². The molecule has 0 aromatic carbocycles. The maximum atomic E-state index is 14.3. The number of unbranched alkanes of at least 4 members (excludes halogenated alkanes) is 5. The van der Waals surface area contributed by atoms with Crippen LogP contribution in [0.3, 0.4) is 0 Å². The minimum atomic E-state index is -1.75. The molecule has 1 aliphatic heterocycles. The normalized spacial score (nSPS) is 16.6. The van der Waals surface area contributed by atoms with Crippen molar-refractivity contribution < 1.29 is 53.1 Å². The van der Waals surface area contributed by atoms with Gasteiger partial charge in [-0.3, -0.25) is 47.9 Å². The maximum Gasteiger partial charge on any atom is 0.246 e. The minimum absolute atomic E-state index is 0.0210. The Morgan fingerprint density at radius 2 is 1.16 bits per heavy atom. The average Bonchev–Trinajstić information content (AvgIpc) is 3.94. The maximum absolute atomic E-state index is 14.3. The van der Waals surface area contributed by atoms with Crippen molar-refractivity contribution in [2.75, 3.05) is 33.7 Å². The van der Waals surface area contributed by atoms with Gasteiger partial charge in [0.25, 0.3) is 0 Å². The number of hydrogen-bond donors (Lipinski definition) is 10. The molecule has 0 saturated carbocycles. The molecule has 0 aromatic heterocycles. The van der Waals surface area contributed by atoms with E-state index in [-0.39, 0.29) is 67.8 Å². The SMILES string of the molecule is CCCCCCCC[C@H](NC(=O)[C@@H]1CCCN1C(=O)/C=C/[C@@H](C)CC)C(=O)N[C@H](C(=O)NC(C)(C)C(=O)N[C@@H](CC(C)C)C(=O)N[C@@H](CC(C)C)C(=O)NC(C)(C)C(=O)NC(C)(C)C(=O)NCCC(=O)N[C@@H](C)CN(C)C)[C@H](O)C(C)C. The first kappa shape index (κ1) is 74.4. The van der Waals surface area contributed by atoms with E-state index in [2.05, 4.69) is 54.8 Å². The van der Waals surface area contributed by atoms with Gasteiger partial charge in [0.05, 0.1) is 6.10 Å². The zero-order valence-corrected chi connectivity index (χ0v) is 53.2. The number of allylic oxidation sites excluding steroid dienone is 1. The number of aliphatic hydroxyl groups is 1. The lowest BCUT2D eigenvalue weighted by molar-refractivity contribution is -0.140. The lowest BCUT2D eigenvalue weighted by Gasteiger charge is -2.34. The van der Waals surface area contributed by atoms with E-state index in [1.807, 2.05) is 73.5 Å². The standard InChI is InChI=1S/C60H109N11O11/c1-19-21-22-23-24-25-27-42(63-53(78)45-28-26-33-71(45)47(73)30-29-40(9)20-2)50(75)66-48(49(74)39(7)8)54(79)68-59(13,14)56(81)65-43(34-37(3)4)51(76)64-44(35-38(5)6)52(77)67-60(15,16)57(82)69-58(11,12)55(80)61-32-31-46(72)62-41(10)36-70(17)18/h29-30,37-45,48-49,74H,19-28,31-36H2,1-18H3,(H,61,80)(H,62,72)(H,63,78)(H,64,76)(H,65,81)(H,66,75)(H,67,77)(H,68,79)(H,69,82)/b30-29+/t40-,41-,42-,43-,44-,45-,48-,49+/m0/s1. The van der Waals surface area contributed by atoms with Crippen molar-refractivity contribution in [1.82, 2.24) is 57.7 Å². The summed E-state index contributed by atoms with van der Waals surface area (Å²) in [7, 11) is 3.79. The minimum Gasteiger partial charge on any atom is -0.390 e. The highest BCUT2D eigenvalue weighted by molar-refractivity contribution is 6.00. The molecule has 8 atom stereocenters. The second-order valence-corrected chi connectivity index (χ2v) is 25.7. The lowest BCUT2D eigenvalue weighted by atomic mass is 9.95. The van der Waals surface area contributed by atoms with Crippen LogP contribution in [-0.2, 0) is 47.9 Å². The molecule has 470 valence electrons. The number of amides is 10. The number of rotatable bonds is 37. The van der Waals surface area contributed by atoms with Gasteiger partial charge in [-0.15, -0.1) is 0 Å². The Bertz CT molecular complexity index is 2140. The van der Waals surface area contributed by atoms with Crippen molar-refractivity contribution in [1.29, 1.82) is 0 Å². The smallest absolute Gasteiger partial charge is 0.246 e. The van der Waals surface area contributed by atoms with Gasteiger partial charge in [-0.1, -0.05) is 113 Å². The van der Waals surface area contributed by atoms with E-state index in [0.29, 0.717) is 32.4 Å². The van der Waals surface area contributed by atoms with Crippen molar-refractivity contribution in [2.45, 2.75) is 253 Å². The fourth-order valence-corrected chi connectivity index (χ4v) is 9.25. The largest absolute Gasteiger partial charge is 0.390 e. The monoisotopic (exact) mass is 1160 g/mol. The molecular formula is C60H109N11O11. The number of likely N-dealkylation sites (tertiary alicyclic amines) is 1. The molecule has 1 fully saturated rings. The zero-order chi connectivity index (χ0) is 62.9. The van der Waals surface area contributed by atoms with Crippen molar-refractivity contribution in [3.63, 3.8) is 0 Å². The van der Waals surface area contributed by atoms with Gasteiger partial charge >= 0.3 is 0 Å². The third-order valence-electron chi connectivity index (χ3n) is 14.5. The molecular weight excluding hydrogens is 1050 g/mol. The van der Waals surface area contributed by atoms with Gasteiger partial charge in [0.1, 0.15) is 46.8 Å². The van der Waals surface area contributed by atoms with E-state index in [0.717, 1.165) is 38.5 Å². The van der Waals surface area contributed by atoms with Crippen LogP contribution in [0, 0.1) is 23.7 Å². The van der Waals surface area contributed by atoms with Crippen molar-refractivity contribution in [2.24, 2.45) is 23.7 Å². The molecule has 0 bridgehead atoms. The number of hydrogen-bond acceptors (Lipinski definition) is 12. The van der Waals surface area contributed by atoms with Gasteiger partial charge in [0, 0.05) is 32.1 Å². The summed E-state index contributed by atoms with van der Waals surface area (Å²) in [6.07, 6.45) is 9.65. The highest BCUT2D eigenvalue weighted by Gasteiger charge is 2.42. The topological polar surface area (TPSA) is 306 Å². The predicted octanol–water partition coefficient (Wildman–Crippen LogP) is 3.64. The van der Waals surface area contributed by atoms with Crippen LogP contribution in [0.25, 0.3) is 0 Å². The number of carbonyl (C=O) groups excluding carboxylic acids is 10. The van der Waals surface area contributed by atoms with Crippen LogP contribution in [0.5, 0.6) is 0 Å². The summed E-state index contributed by atoms with van der Waals surface area (Å²) >= 11 is 0. The molecule has 0 unspecified atom stereocenters. The Balaban J connectivity index is 3.32. The lowest BCUT2D eigenvalue weighted by Crippen LogP contribution is -2.66. The van der Waals surface area contributed by atoms with Crippen LogP contribution in [0.15, 0.2) is 12.2 Å². The highest BCUT2D eigenvalue weighted by atomic mass is 16.3. The molecule has 10 amide bonds. The van der Waals surface area contributed by atoms with Crippen molar-refractivity contribution >= 4 is 59.1 Å². The summed E-state index contributed by atoms with van der Waals surface area (Å²) in [6.45, 7) is 28.4. The Kier molecular flexibility index (Phi) is 32.2. The van der Waals surface area contributed by atoms with Crippen molar-refractivity contribution in [3.05, 3.63) is 12.2 Å². The molecule has 22 nitrogen and oxygen atoms in total.